The molecule has 2 aromatic rings. The molecule has 0 unspecified atom stereocenters. The van der Waals surface area contributed by atoms with Gasteiger partial charge in [0.1, 0.15) is 12.2 Å². The van der Waals surface area contributed by atoms with Gasteiger partial charge in [-0.15, -0.1) is 10.2 Å². The van der Waals surface area contributed by atoms with Gasteiger partial charge in [0.2, 0.25) is 10.0 Å². The maximum atomic E-state index is 12.7. The number of rotatable bonds is 5. The predicted molar refractivity (Wildman–Crippen MR) is 99.7 cm³/mol. The highest BCUT2D eigenvalue weighted by Crippen LogP contribution is 2.32. The molecule has 0 amide bonds. The van der Waals surface area contributed by atoms with Crippen LogP contribution in [0.1, 0.15) is 43.1 Å². The van der Waals surface area contributed by atoms with Crippen LogP contribution in [0.4, 0.5) is 0 Å². The van der Waals surface area contributed by atoms with E-state index in [0.29, 0.717) is 24.2 Å². The Morgan fingerprint density at radius 2 is 1.96 bits per heavy atom. The first-order valence-electron chi connectivity index (χ1n) is 9.10. The Bertz CT molecular complexity index is 900. The molecule has 1 saturated heterocycles. The van der Waals surface area contributed by atoms with Gasteiger partial charge in [-0.2, -0.15) is 4.31 Å². The molecule has 26 heavy (non-hydrogen) atoms. The number of benzene rings is 1. The minimum atomic E-state index is -3.47. The molecule has 0 N–H and O–H groups in total. The van der Waals surface area contributed by atoms with E-state index in [1.807, 2.05) is 13.3 Å². The van der Waals surface area contributed by atoms with Gasteiger partial charge < -0.3 is 4.57 Å². The summed E-state index contributed by atoms with van der Waals surface area (Å²) >= 11 is 6.09. The van der Waals surface area contributed by atoms with Crippen molar-refractivity contribution in [2.45, 2.75) is 50.0 Å². The molecular weight excluding hydrogens is 372 g/mol. The Morgan fingerprint density at radius 3 is 2.65 bits per heavy atom. The number of halogens is 1. The van der Waals surface area contributed by atoms with E-state index >= 15 is 0 Å². The van der Waals surface area contributed by atoms with E-state index in [0.717, 1.165) is 17.8 Å². The van der Waals surface area contributed by atoms with Gasteiger partial charge in [-0.25, -0.2) is 8.42 Å². The van der Waals surface area contributed by atoms with Crippen LogP contribution in [-0.2, 0) is 16.4 Å². The van der Waals surface area contributed by atoms with Crippen molar-refractivity contribution in [3.8, 4) is 0 Å². The fraction of sp³-hybridized carbons (Fsp3) is 0.556. The summed E-state index contributed by atoms with van der Waals surface area (Å²) in [6, 6.07) is 5.42. The molecule has 4 rings (SSSR count). The molecule has 0 atom stereocenters. The van der Waals surface area contributed by atoms with Crippen LogP contribution in [0.2, 0.25) is 5.02 Å². The third kappa shape index (κ3) is 3.28. The van der Waals surface area contributed by atoms with Crippen LogP contribution >= 0.6 is 11.6 Å². The molecule has 0 spiro atoms. The Labute approximate surface area is 159 Å². The summed E-state index contributed by atoms with van der Waals surface area (Å²) in [6.45, 7) is 2.90. The number of sulfonamides is 1. The SMILES string of the molecule is Cc1ccc(S(=O)(=O)N2CC(Cc3nncn3C3CCCC3)C2)cc1Cl. The van der Waals surface area contributed by atoms with Crippen LogP contribution in [-0.4, -0.2) is 40.6 Å². The first-order chi connectivity index (χ1) is 12.4. The quantitative estimate of drug-likeness (QED) is 0.780. The number of nitrogens with zero attached hydrogens (tertiary/aromatic N) is 4. The van der Waals surface area contributed by atoms with E-state index < -0.39 is 10.0 Å². The lowest BCUT2D eigenvalue weighted by molar-refractivity contribution is 0.195. The Hall–Kier alpha value is -1.44. The molecule has 2 aliphatic rings. The van der Waals surface area contributed by atoms with Gasteiger partial charge in [-0.1, -0.05) is 30.5 Å². The second-order valence-corrected chi connectivity index (χ2v) is 9.74. The van der Waals surface area contributed by atoms with E-state index in [1.165, 1.54) is 36.1 Å². The zero-order valence-electron chi connectivity index (χ0n) is 14.8. The molecule has 6 nitrogen and oxygen atoms in total. The highest BCUT2D eigenvalue weighted by atomic mass is 35.5. The van der Waals surface area contributed by atoms with Crippen molar-refractivity contribution in [3.05, 3.63) is 40.9 Å². The number of aryl methyl sites for hydroxylation is 1. The van der Waals surface area contributed by atoms with E-state index in [-0.39, 0.29) is 10.8 Å². The first-order valence-corrected chi connectivity index (χ1v) is 10.9. The molecule has 2 fully saturated rings. The normalized spacial score (nSPS) is 19.8. The van der Waals surface area contributed by atoms with E-state index in [1.54, 1.807) is 12.1 Å². The van der Waals surface area contributed by atoms with Gasteiger partial charge in [-0.05, 0) is 43.4 Å². The molecule has 1 saturated carbocycles. The predicted octanol–water partition coefficient (Wildman–Crippen LogP) is 3.22. The fourth-order valence-electron chi connectivity index (χ4n) is 3.89. The van der Waals surface area contributed by atoms with Crippen molar-refractivity contribution >= 4 is 21.6 Å². The molecule has 140 valence electrons. The van der Waals surface area contributed by atoms with Crippen molar-refractivity contribution in [2.75, 3.05) is 13.1 Å². The molecule has 0 bridgehead atoms. The zero-order chi connectivity index (χ0) is 18.3. The van der Waals surface area contributed by atoms with Crippen LogP contribution in [0.5, 0.6) is 0 Å². The summed E-state index contributed by atoms with van der Waals surface area (Å²) in [5.41, 5.74) is 0.873. The molecule has 2 heterocycles. The average molecular weight is 395 g/mol. The standard InChI is InChI=1S/C18H23ClN4O2S/c1-13-6-7-16(9-17(13)19)26(24,25)22-10-14(11-22)8-18-21-20-12-23(18)15-4-2-3-5-15/h6-7,9,12,14-15H,2-5,8,10-11H2,1H3. The van der Waals surface area contributed by atoms with Crippen molar-refractivity contribution in [1.82, 2.24) is 19.1 Å². The van der Waals surface area contributed by atoms with Gasteiger partial charge in [-0.3, -0.25) is 0 Å². The molecule has 1 aliphatic carbocycles. The summed E-state index contributed by atoms with van der Waals surface area (Å²) in [6.07, 6.45) is 7.49. The number of hydrogen-bond donors (Lipinski definition) is 0. The van der Waals surface area contributed by atoms with Gasteiger partial charge >= 0.3 is 0 Å². The van der Waals surface area contributed by atoms with E-state index in [2.05, 4.69) is 14.8 Å². The third-order valence-electron chi connectivity index (χ3n) is 5.54. The van der Waals surface area contributed by atoms with Gasteiger partial charge in [0.25, 0.3) is 0 Å². The first kappa shape index (κ1) is 17.9. The minimum absolute atomic E-state index is 0.265. The van der Waals surface area contributed by atoms with Crippen molar-refractivity contribution in [2.24, 2.45) is 5.92 Å². The van der Waals surface area contributed by atoms with Gasteiger partial charge in [0.05, 0.1) is 4.90 Å². The second-order valence-electron chi connectivity index (χ2n) is 7.40. The van der Waals surface area contributed by atoms with Crippen LogP contribution in [0.3, 0.4) is 0 Å². The lowest BCUT2D eigenvalue weighted by Crippen LogP contribution is -2.50. The van der Waals surface area contributed by atoms with Crippen molar-refractivity contribution in [3.63, 3.8) is 0 Å². The van der Waals surface area contributed by atoms with Crippen LogP contribution < -0.4 is 0 Å². The van der Waals surface area contributed by atoms with Gasteiger partial charge in [0, 0.05) is 30.6 Å². The smallest absolute Gasteiger partial charge is 0.243 e. The molecule has 1 aromatic heterocycles. The largest absolute Gasteiger partial charge is 0.314 e. The summed E-state index contributed by atoms with van der Waals surface area (Å²) < 4.78 is 29.2. The zero-order valence-corrected chi connectivity index (χ0v) is 16.4. The molecule has 1 aliphatic heterocycles. The number of hydrogen-bond acceptors (Lipinski definition) is 4. The Morgan fingerprint density at radius 1 is 1.23 bits per heavy atom. The fourth-order valence-corrected chi connectivity index (χ4v) is 5.75. The summed E-state index contributed by atoms with van der Waals surface area (Å²) in [4.78, 5) is 0.265. The number of aromatic nitrogens is 3. The Balaban J connectivity index is 1.41. The molecule has 1 aromatic carbocycles. The van der Waals surface area contributed by atoms with E-state index in [4.69, 9.17) is 11.6 Å². The average Bonchev–Trinajstić information content (AvgIpc) is 3.23. The maximum absolute atomic E-state index is 12.7. The summed E-state index contributed by atoms with van der Waals surface area (Å²) in [7, 11) is -3.47. The van der Waals surface area contributed by atoms with Crippen LogP contribution in [0.15, 0.2) is 29.4 Å². The van der Waals surface area contributed by atoms with Crippen molar-refractivity contribution < 1.29 is 8.42 Å². The van der Waals surface area contributed by atoms with Gasteiger partial charge in [0.15, 0.2) is 0 Å². The highest BCUT2D eigenvalue weighted by Gasteiger charge is 2.37. The monoisotopic (exact) mass is 394 g/mol. The molecule has 0 radical (unpaired) electrons. The topological polar surface area (TPSA) is 68.1 Å². The van der Waals surface area contributed by atoms with E-state index in [9.17, 15) is 8.42 Å². The summed E-state index contributed by atoms with van der Waals surface area (Å²) in [5.74, 6) is 1.27. The molecular formula is C18H23ClN4O2S. The highest BCUT2D eigenvalue weighted by molar-refractivity contribution is 7.89. The third-order valence-corrected chi connectivity index (χ3v) is 7.78. The minimum Gasteiger partial charge on any atom is -0.314 e. The molecule has 8 heteroatoms. The second kappa shape index (κ2) is 6.94. The maximum Gasteiger partial charge on any atom is 0.243 e. The Kier molecular flexibility index (Phi) is 4.79. The summed E-state index contributed by atoms with van der Waals surface area (Å²) in [5, 5.41) is 8.83. The van der Waals surface area contributed by atoms with Crippen LogP contribution in [0.25, 0.3) is 0 Å². The lowest BCUT2D eigenvalue weighted by Gasteiger charge is -2.38. The van der Waals surface area contributed by atoms with Crippen LogP contribution in [0, 0.1) is 12.8 Å². The lowest BCUT2D eigenvalue weighted by atomic mass is 9.99. The van der Waals surface area contributed by atoms with Crippen molar-refractivity contribution in [1.29, 1.82) is 0 Å².